The number of nitrogens with two attached hydrogens (primary N) is 1. The Labute approximate surface area is 110 Å². The Morgan fingerprint density at radius 2 is 2.11 bits per heavy atom. The Hall–Kier alpha value is -2.30. The minimum atomic E-state index is -3.81. The molecule has 0 radical (unpaired) electrons. The minimum absolute atomic E-state index is 0.268. The van der Waals surface area contributed by atoms with E-state index in [0.717, 1.165) is 5.69 Å². The third kappa shape index (κ3) is 3.34. The molecule has 0 aliphatic heterocycles. The van der Waals surface area contributed by atoms with Crippen LogP contribution in [0.1, 0.15) is 11.3 Å². The number of anilines is 1. The Kier molecular flexibility index (Phi) is 3.55. The molecule has 0 amide bonds. The Balaban J connectivity index is 2.07. The van der Waals surface area contributed by atoms with Gasteiger partial charge in [-0.1, -0.05) is 6.07 Å². The number of nitrogens with zero attached hydrogens (tertiary/aromatic N) is 1. The number of hydrogen-bond acceptors (Lipinski definition) is 5. The van der Waals surface area contributed by atoms with Crippen molar-refractivity contribution in [2.45, 2.75) is 11.6 Å². The Morgan fingerprint density at radius 1 is 1.32 bits per heavy atom. The maximum Gasteiger partial charge on any atom is 0.271 e. The largest absolute Gasteiger partial charge is 0.446 e. The van der Waals surface area contributed by atoms with Crippen LogP contribution in [0, 0.1) is 11.3 Å². The summed E-state index contributed by atoms with van der Waals surface area (Å²) in [5.74, 6) is 0.436. The molecular formula is C12H11N3O3S. The summed E-state index contributed by atoms with van der Waals surface area (Å²) in [6.45, 7) is 0.296. The number of hydrogen-bond donors (Lipinski definition) is 2. The molecule has 0 bridgehead atoms. The molecule has 0 saturated carbocycles. The average molecular weight is 277 g/mol. The first-order chi connectivity index (χ1) is 8.99. The number of nitrogens with one attached hydrogen (secondary N) is 1. The van der Waals surface area contributed by atoms with E-state index in [1.165, 1.54) is 12.1 Å². The molecule has 2 rings (SSSR count). The van der Waals surface area contributed by atoms with E-state index in [1.807, 2.05) is 6.07 Å². The van der Waals surface area contributed by atoms with Gasteiger partial charge in [-0.3, -0.25) is 0 Å². The second-order valence-corrected chi connectivity index (χ2v) is 5.30. The molecule has 0 spiro atoms. The summed E-state index contributed by atoms with van der Waals surface area (Å²) in [6, 6.07) is 11.8. The van der Waals surface area contributed by atoms with Crippen LogP contribution in [-0.4, -0.2) is 8.42 Å². The zero-order valence-corrected chi connectivity index (χ0v) is 10.6. The van der Waals surface area contributed by atoms with Gasteiger partial charge in [-0.15, -0.1) is 0 Å². The maximum atomic E-state index is 11.0. The second kappa shape index (κ2) is 5.14. The summed E-state index contributed by atoms with van der Waals surface area (Å²) in [6.07, 6.45) is 0. The molecule has 0 fully saturated rings. The van der Waals surface area contributed by atoms with Gasteiger partial charge in [0.25, 0.3) is 10.0 Å². The van der Waals surface area contributed by atoms with E-state index in [1.54, 1.807) is 24.3 Å². The molecule has 3 N–H and O–H groups in total. The second-order valence-electron chi connectivity index (χ2n) is 3.81. The normalized spacial score (nSPS) is 10.9. The van der Waals surface area contributed by atoms with E-state index >= 15 is 0 Å². The van der Waals surface area contributed by atoms with E-state index in [0.29, 0.717) is 17.9 Å². The maximum absolute atomic E-state index is 11.0. The van der Waals surface area contributed by atoms with Gasteiger partial charge in [0.2, 0.25) is 5.09 Å². The molecule has 6 nitrogen and oxygen atoms in total. The van der Waals surface area contributed by atoms with E-state index in [9.17, 15) is 8.42 Å². The van der Waals surface area contributed by atoms with Crippen LogP contribution in [-0.2, 0) is 16.6 Å². The van der Waals surface area contributed by atoms with Crippen LogP contribution < -0.4 is 10.5 Å². The fourth-order valence-electron chi connectivity index (χ4n) is 1.49. The van der Waals surface area contributed by atoms with Crippen LogP contribution in [0.15, 0.2) is 45.9 Å². The van der Waals surface area contributed by atoms with E-state index in [2.05, 4.69) is 5.32 Å². The summed E-state index contributed by atoms with van der Waals surface area (Å²) < 4.78 is 27.1. The first kappa shape index (κ1) is 13.1. The summed E-state index contributed by atoms with van der Waals surface area (Å²) >= 11 is 0. The molecule has 1 aromatic heterocycles. The predicted octanol–water partition coefficient (Wildman–Crippen LogP) is 1.41. The lowest BCUT2D eigenvalue weighted by atomic mass is 10.2. The number of furan rings is 1. The van der Waals surface area contributed by atoms with Gasteiger partial charge in [0.05, 0.1) is 18.2 Å². The van der Waals surface area contributed by atoms with Crippen LogP contribution >= 0.6 is 0 Å². The lowest BCUT2D eigenvalue weighted by Crippen LogP contribution is -2.10. The van der Waals surface area contributed by atoms with Crippen molar-refractivity contribution in [2.75, 3.05) is 5.32 Å². The first-order valence-electron chi connectivity index (χ1n) is 5.34. The third-order valence-corrected chi connectivity index (χ3v) is 3.16. The molecule has 2 aromatic rings. The average Bonchev–Trinajstić information content (AvgIpc) is 2.85. The van der Waals surface area contributed by atoms with Crippen molar-refractivity contribution in [1.82, 2.24) is 0 Å². The first-order valence-corrected chi connectivity index (χ1v) is 6.89. The van der Waals surface area contributed by atoms with Gasteiger partial charge in [0, 0.05) is 5.69 Å². The lowest BCUT2D eigenvalue weighted by Gasteiger charge is -2.04. The molecule has 0 aliphatic carbocycles. The predicted molar refractivity (Wildman–Crippen MR) is 68.6 cm³/mol. The molecule has 0 saturated heterocycles. The van der Waals surface area contributed by atoms with E-state index in [-0.39, 0.29) is 5.09 Å². The van der Waals surface area contributed by atoms with Crippen LogP contribution in [0.5, 0.6) is 0 Å². The third-order valence-electron chi connectivity index (χ3n) is 2.38. The SMILES string of the molecule is N#Cc1cccc(NCc2ccc(S(N)(=O)=O)o2)c1. The summed E-state index contributed by atoms with van der Waals surface area (Å²) in [5, 5.41) is 16.5. The van der Waals surface area contributed by atoms with Gasteiger partial charge >= 0.3 is 0 Å². The van der Waals surface area contributed by atoms with Crippen molar-refractivity contribution in [3.63, 3.8) is 0 Å². The lowest BCUT2D eigenvalue weighted by molar-refractivity contribution is 0.419. The zero-order valence-electron chi connectivity index (χ0n) is 9.83. The summed E-state index contributed by atoms with van der Waals surface area (Å²) in [5.41, 5.74) is 1.28. The quantitative estimate of drug-likeness (QED) is 0.878. The summed E-state index contributed by atoms with van der Waals surface area (Å²) in [4.78, 5) is 0. The van der Waals surface area contributed by atoms with Crippen molar-refractivity contribution in [3.8, 4) is 6.07 Å². The number of rotatable bonds is 4. The fourth-order valence-corrected chi connectivity index (χ4v) is 1.97. The highest BCUT2D eigenvalue weighted by molar-refractivity contribution is 7.89. The van der Waals surface area contributed by atoms with Crippen molar-refractivity contribution in [3.05, 3.63) is 47.7 Å². The van der Waals surface area contributed by atoms with Gasteiger partial charge in [0.1, 0.15) is 5.76 Å². The van der Waals surface area contributed by atoms with Crippen molar-refractivity contribution >= 4 is 15.7 Å². The number of nitriles is 1. The molecule has 98 valence electrons. The number of primary sulfonamides is 1. The molecule has 1 aromatic carbocycles. The Morgan fingerprint density at radius 3 is 2.74 bits per heavy atom. The van der Waals surface area contributed by atoms with E-state index < -0.39 is 10.0 Å². The zero-order chi connectivity index (χ0) is 13.9. The van der Waals surface area contributed by atoms with Crippen LogP contribution in [0.3, 0.4) is 0 Å². The van der Waals surface area contributed by atoms with Crippen LogP contribution in [0.4, 0.5) is 5.69 Å². The molecule has 0 atom stereocenters. The van der Waals surface area contributed by atoms with Gasteiger partial charge in [-0.25, -0.2) is 13.6 Å². The van der Waals surface area contributed by atoms with Gasteiger partial charge in [-0.2, -0.15) is 5.26 Å². The highest BCUT2D eigenvalue weighted by atomic mass is 32.2. The van der Waals surface area contributed by atoms with Gasteiger partial charge < -0.3 is 9.73 Å². The van der Waals surface area contributed by atoms with Gasteiger partial charge in [0.15, 0.2) is 0 Å². The molecular weight excluding hydrogens is 266 g/mol. The van der Waals surface area contributed by atoms with Crippen LogP contribution in [0.25, 0.3) is 0 Å². The van der Waals surface area contributed by atoms with E-state index in [4.69, 9.17) is 14.8 Å². The monoisotopic (exact) mass is 277 g/mol. The smallest absolute Gasteiger partial charge is 0.271 e. The van der Waals surface area contributed by atoms with Crippen molar-refractivity contribution in [2.24, 2.45) is 5.14 Å². The highest BCUT2D eigenvalue weighted by Gasteiger charge is 2.12. The topological polar surface area (TPSA) is 109 Å². The Bertz CT molecular complexity index is 729. The number of sulfonamides is 1. The van der Waals surface area contributed by atoms with Crippen LogP contribution in [0.2, 0.25) is 0 Å². The number of benzene rings is 1. The van der Waals surface area contributed by atoms with Crippen molar-refractivity contribution < 1.29 is 12.8 Å². The minimum Gasteiger partial charge on any atom is -0.446 e. The van der Waals surface area contributed by atoms with Crippen molar-refractivity contribution in [1.29, 1.82) is 5.26 Å². The molecule has 0 unspecified atom stereocenters. The molecule has 19 heavy (non-hydrogen) atoms. The molecule has 0 aliphatic rings. The molecule has 7 heteroatoms. The fraction of sp³-hybridized carbons (Fsp3) is 0.0833. The highest BCUT2D eigenvalue weighted by Crippen LogP contribution is 2.15. The standard InChI is InChI=1S/C12H11N3O3S/c13-7-9-2-1-3-10(6-9)15-8-11-4-5-12(18-11)19(14,16)17/h1-6,15H,8H2,(H2,14,16,17). The summed E-state index contributed by atoms with van der Waals surface area (Å²) in [7, 11) is -3.81. The molecule has 1 heterocycles. The van der Waals surface area contributed by atoms with Gasteiger partial charge in [-0.05, 0) is 30.3 Å².